The van der Waals surface area contributed by atoms with Gasteiger partial charge in [-0.1, -0.05) is 25.6 Å². The molecule has 0 spiro atoms. The highest BCUT2D eigenvalue weighted by Gasteiger charge is 2.28. The number of likely N-dealkylation sites (tertiary alicyclic amines) is 1. The van der Waals surface area contributed by atoms with Crippen molar-refractivity contribution in [2.75, 3.05) is 46.5 Å². The Balaban J connectivity index is 1.79. The summed E-state index contributed by atoms with van der Waals surface area (Å²) < 4.78 is 0. The largest absolute Gasteiger partial charge is 0.355 e. The molecule has 0 saturated carbocycles. The van der Waals surface area contributed by atoms with Crippen LogP contribution >= 0.6 is 11.8 Å². The molecule has 0 unspecified atom stereocenters. The Bertz CT molecular complexity index is 750. The minimum atomic E-state index is -0.00353. The normalized spacial score (nSPS) is 15.4. The summed E-state index contributed by atoms with van der Waals surface area (Å²) in [4.78, 5) is 38.4. The number of amides is 2. The van der Waals surface area contributed by atoms with Crippen LogP contribution in [-0.2, 0) is 16.0 Å². The molecule has 2 amide bonds. The van der Waals surface area contributed by atoms with Crippen LogP contribution in [0.4, 0.5) is 0 Å². The molecule has 8 heteroatoms. The highest BCUT2D eigenvalue weighted by molar-refractivity contribution is 7.98. The lowest BCUT2D eigenvalue weighted by Gasteiger charge is -2.33. The summed E-state index contributed by atoms with van der Waals surface area (Å²) in [5, 5.41) is 3.90. The van der Waals surface area contributed by atoms with Crippen LogP contribution in [0.1, 0.15) is 50.1 Å². The average Bonchev–Trinajstić information content (AvgIpc) is 2.70. The number of piperidine rings is 1. The number of nitrogens with one attached hydrogen (secondary N) is 1. The third-order valence-corrected chi connectivity index (χ3v) is 6.42. The van der Waals surface area contributed by atoms with Gasteiger partial charge in [0.25, 0.3) is 0 Å². The quantitative estimate of drug-likeness (QED) is 0.461. The predicted octanol–water partition coefficient (Wildman–Crippen LogP) is 2.69. The number of thioether (sulfide) groups is 1. The maximum atomic E-state index is 12.7. The molecule has 0 radical (unpaired) electrons. The number of nitrogens with zero attached hydrogens (tertiary/aromatic N) is 4. The Hall–Kier alpha value is -1.67. The Kier molecular flexibility index (Phi) is 9.30. The van der Waals surface area contributed by atoms with Crippen molar-refractivity contribution in [3.05, 3.63) is 17.0 Å². The fraction of sp³-hybridized carbons (Fsp3) is 0.739. The van der Waals surface area contributed by atoms with Crippen molar-refractivity contribution in [1.29, 1.82) is 0 Å². The molecule has 1 aliphatic heterocycles. The molecule has 0 atom stereocenters. The number of hydrogen-bond donors (Lipinski definition) is 1. The van der Waals surface area contributed by atoms with Gasteiger partial charge in [-0.25, -0.2) is 9.97 Å². The molecular weight excluding hydrogens is 410 g/mol. The fourth-order valence-electron chi connectivity index (χ4n) is 4.33. The average molecular weight is 450 g/mol. The summed E-state index contributed by atoms with van der Waals surface area (Å²) in [6.07, 6.45) is 4.54. The van der Waals surface area contributed by atoms with Crippen LogP contribution in [-0.4, -0.2) is 78.1 Å². The Morgan fingerprint density at radius 3 is 2.26 bits per heavy atom. The van der Waals surface area contributed by atoms with Gasteiger partial charge in [0.2, 0.25) is 11.8 Å². The van der Waals surface area contributed by atoms with Crippen LogP contribution in [0.3, 0.4) is 0 Å². The Morgan fingerprint density at radius 1 is 1.16 bits per heavy atom. The van der Waals surface area contributed by atoms with Crippen LogP contribution in [0.15, 0.2) is 5.16 Å². The zero-order valence-electron chi connectivity index (χ0n) is 20.2. The summed E-state index contributed by atoms with van der Waals surface area (Å²) >= 11 is 1.53. The van der Waals surface area contributed by atoms with E-state index in [0.717, 1.165) is 41.5 Å². The highest BCUT2D eigenvalue weighted by atomic mass is 32.2. The Labute approximate surface area is 191 Å². The molecular formula is C23H39N5O2S. The summed E-state index contributed by atoms with van der Waals surface area (Å²) in [7, 11) is 4.09. The van der Waals surface area contributed by atoms with Crippen LogP contribution in [0.2, 0.25) is 0 Å². The van der Waals surface area contributed by atoms with Crippen molar-refractivity contribution in [3.8, 4) is 0 Å². The molecule has 2 heterocycles. The van der Waals surface area contributed by atoms with Crippen LogP contribution in [0.5, 0.6) is 0 Å². The molecule has 1 aromatic heterocycles. The minimum Gasteiger partial charge on any atom is -0.355 e. The molecule has 1 N–H and O–H groups in total. The van der Waals surface area contributed by atoms with Crippen molar-refractivity contribution >= 4 is 23.6 Å². The van der Waals surface area contributed by atoms with Gasteiger partial charge in [0.05, 0.1) is 0 Å². The maximum Gasteiger partial charge on any atom is 0.223 e. The third kappa shape index (κ3) is 7.75. The van der Waals surface area contributed by atoms with E-state index in [9.17, 15) is 9.59 Å². The van der Waals surface area contributed by atoms with Gasteiger partial charge in [-0.05, 0) is 64.4 Å². The van der Waals surface area contributed by atoms with Gasteiger partial charge in [-0.2, -0.15) is 0 Å². The number of hydrogen-bond acceptors (Lipinski definition) is 6. The minimum absolute atomic E-state index is 0.00353. The van der Waals surface area contributed by atoms with Crippen molar-refractivity contribution in [1.82, 2.24) is 25.1 Å². The molecule has 1 saturated heterocycles. The lowest BCUT2D eigenvalue weighted by molar-refractivity contribution is -0.135. The van der Waals surface area contributed by atoms with E-state index in [4.69, 9.17) is 0 Å². The van der Waals surface area contributed by atoms with E-state index in [-0.39, 0.29) is 23.1 Å². The topological polar surface area (TPSA) is 78.4 Å². The smallest absolute Gasteiger partial charge is 0.223 e. The van der Waals surface area contributed by atoms with Crippen molar-refractivity contribution in [2.45, 2.75) is 58.5 Å². The molecule has 7 nitrogen and oxygen atoms in total. The molecule has 1 aliphatic rings. The van der Waals surface area contributed by atoms with E-state index in [2.05, 4.69) is 34.0 Å². The lowest BCUT2D eigenvalue weighted by Crippen LogP contribution is -2.46. The first-order valence-corrected chi connectivity index (χ1v) is 12.3. The van der Waals surface area contributed by atoms with E-state index >= 15 is 0 Å². The van der Waals surface area contributed by atoms with E-state index in [1.54, 1.807) is 0 Å². The van der Waals surface area contributed by atoms with E-state index in [1.165, 1.54) is 11.8 Å². The van der Waals surface area contributed by atoms with Gasteiger partial charge in [-0.15, -0.1) is 0 Å². The molecule has 2 rings (SSSR count). The Morgan fingerprint density at radius 2 is 1.74 bits per heavy atom. The van der Waals surface area contributed by atoms with Gasteiger partial charge in [0.1, 0.15) is 0 Å². The molecule has 1 aromatic rings. The van der Waals surface area contributed by atoms with Gasteiger partial charge >= 0.3 is 0 Å². The van der Waals surface area contributed by atoms with E-state index < -0.39 is 0 Å². The zero-order chi connectivity index (χ0) is 23.2. The van der Waals surface area contributed by atoms with Crippen molar-refractivity contribution in [3.63, 3.8) is 0 Å². The van der Waals surface area contributed by atoms with Gasteiger partial charge in [0.15, 0.2) is 5.16 Å². The lowest BCUT2D eigenvalue weighted by atomic mass is 9.91. The second-order valence-corrected chi connectivity index (χ2v) is 10.4. The van der Waals surface area contributed by atoms with Crippen LogP contribution < -0.4 is 5.32 Å². The monoisotopic (exact) mass is 449 g/mol. The molecule has 0 bridgehead atoms. The summed E-state index contributed by atoms with van der Waals surface area (Å²) in [6, 6.07) is 0. The van der Waals surface area contributed by atoms with Gasteiger partial charge in [-0.3, -0.25) is 9.59 Å². The maximum absolute atomic E-state index is 12.7. The number of carbonyl (C=O) groups is 2. The number of aryl methyl sites for hydroxylation is 2. The zero-order valence-corrected chi connectivity index (χ0v) is 21.1. The van der Waals surface area contributed by atoms with Gasteiger partial charge in [0, 0.05) is 49.9 Å². The molecule has 0 aromatic carbocycles. The van der Waals surface area contributed by atoms with Crippen LogP contribution in [0.25, 0.3) is 0 Å². The second-order valence-electron chi connectivity index (χ2n) is 9.63. The first-order chi connectivity index (χ1) is 14.5. The van der Waals surface area contributed by atoms with Crippen molar-refractivity contribution in [2.24, 2.45) is 11.3 Å². The molecule has 31 heavy (non-hydrogen) atoms. The van der Waals surface area contributed by atoms with Crippen LogP contribution in [0, 0.1) is 25.2 Å². The fourth-order valence-corrected chi connectivity index (χ4v) is 4.78. The van der Waals surface area contributed by atoms with E-state index in [0.29, 0.717) is 32.5 Å². The highest BCUT2D eigenvalue weighted by Crippen LogP contribution is 2.21. The second kappa shape index (κ2) is 11.3. The van der Waals surface area contributed by atoms with Crippen molar-refractivity contribution < 1.29 is 9.59 Å². The summed E-state index contributed by atoms with van der Waals surface area (Å²) in [5.74, 6) is 0.270. The number of carbonyl (C=O) groups excluding carboxylic acids is 2. The predicted molar refractivity (Wildman–Crippen MR) is 126 cm³/mol. The number of aromatic nitrogens is 2. The standard InChI is InChI=1S/C23H39N5O2S/c1-16-19(17(2)26-22(25-16)31-7)8-9-20(29)28-12-10-18(11-13-28)21(30)24-14-23(3,4)15-27(5)6/h18H,8-15H2,1-7H3,(H,24,30). The van der Waals surface area contributed by atoms with E-state index in [1.807, 2.05) is 39.1 Å². The first-order valence-electron chi connectivity index (χ1n) is 11.1. The summed E-state index contributed by atoms with van der Waals surface area (Å²) in [5.41, 5.74) is 3.01. The molecule has 174 valence electrons. The number of rotatable bonds is 9. The molecule has 1 fully saturated rings. The summed E-state index contributed by atoms with van der Waals surface area (Å²) in [6.45, 7) is 11.2. The molecule has 0 aliphatic carbocycles. The van der Waals surface area contributed by atoms with Gasteiger partial charge < -0.3 is 15.1 Å². The first kappa shape index (κ1) is 25.6. The SMILES string of the molecule is CSc1nc(C)c(CCC(=O)N2CCC(C(=O)NCC(C)(C)CN(C)C)CC2)c(C)n1. The third-order valence-electron chi connectivity index (χ3n) is 5.88.